The molecule has 2 fully saturated rings. The summed E-state index contributed by atoms with van der Waals surface area (Å²) < 4.78 is 5.74. The first kappa shape index (κ1) is 14.3. The molecule has 2 heterocycles. The lowest BCUT2D eigenvalue weighted by Gasteiger charge is -2.43. The number of hydrogen-bond acceptors (Lipinski definition) is 3. The summed E-state index contributed by atoms with van der Waals surface area (Å²) in [4.78, 5) is 26.2. The number of carbonyl (C=O) groups excluding carboxylic acids is 2. The second-order valence-corrected chi connectivity index (χ2v) is 5.90. The fourth-order valence-electron chi connectivity index (χ4n) is 3.13. The van der Waals surface area contributed by atoms with Crippen LogP contribution in [0.15, 0.2) is 0 Å². The lowest BCUT2D eigenvalue weighted by Crippen LogP contribution is -2.67. The van der Waals surface area contributed by atoms with E-state index < -0.39 is 5.54 Å². The van der Waals surface area contributed by atoms with E-state index in [-0.39, 0.29) is 24.0 Å². The molecule has 0 aromatic heterocycles. The molecule has 5 nitrogen and oxygen atoms in total. The van der Waals surface area contributed by atoms with Crippen molar-refractivity contribution in [3.8, 4) is 0 Å². The van der Waals surface area contributed by atoms with Gasteiger partial charge >= 0.3 is 0 Å². The average Bonchev–Trinajstić information content (AvgIpc) is 2.80. The Labute approximate surface area is 114 Å². The van der Waals surface area contributed by atoms with Gasteiger partial charge in [-0.2, -0.15) is 0 Å². The van der Waals surface area contributed by atoms with Crippen LogP contribution < -0.4 is 5.32 Å². The van der Waals surface area contributed by atoms with Crippen molar-refractivity contribution in [3.05, 3.63) is 0 Å². The van der Waals surface area contributed by atoms with Gasteiger partial charge in [0.15, 0.2) is 0 Å². The fraction of sp³-hybridized carbons (Fsp3) is 0.857. The van der Waals surface area contributed by atoms with Gasteiger partial charge in [-0.15, -0.1) is 0 Å². The van der Waals surface area contributed by atoms with E-state index in [4.69, 9.17) is 4.74 Å². The maximum atomic E-state index is 12.6. The van der Waals surface area contributed by atoms with Gasteiger partial charge < -0.3 is 15.0 Å². The molecule has 1 atom stereocenters. The van der Waals surface area contributed by atoms with E-state index in [1.807, 2.05) is 20.8 Å². The minimum atomic E-state index is -0.718. The van der Waals surface area contributed by atoms with E-state index in [9.17, 15) is 9.59 Å². The molecule has 2 saturated heterocycles. The van der Waals surface area contributed by atoms with Crippen molar-refractivity contribution < 1.29 is 14.3 Å². The lowest BCUT2D eigenvalue weighted by molar-refractivity contribution is -0.153. The van der Waals surface area contributed by atoms with E-state index in [0.717, 1.165) is 19.4 Å². The summed E-state index contributed by atoms with van der Waals surface area (Å²) in [7, 11) is 0. The van der Waals surface area contributed by atoms with Crippen LogP contribution in [0.3, 0.4) is 0 Å². The Morgan fingerprint density at radius 2 is 2.00 bits per heavy atom. The van der Waals surface area contributed by atoms with Crippen LogP contribution in [0.4, 0.5) is 0 Å². The summed E-state index contributed by atoms with van der Waals surface area (Å²) in [6.07, 6.45) is 3.23. The van der Waals surface area contributed by atoms with Gasteiger partial charge in [-0.05, 0) is 32.6 Å². The molecule has 0 aromatic carbocycles. The number of piperazine rings is 1. The first-order valence-electron chi connectivity index (χ1n) is 7.19. The number of hydrogen-bond donors (Lipinski definition) is 1. The van der Waals surface area contributed by atoms with E-state index >= 15 is 0 Å². The number of rotatable bonds is 4. The third kappa shape index (κ3) is 2.61. The van der Waals surface area contributed by atoms with Gasteiger partial charge in [0.25, 0.3) is 0 Å². The maximum absolute atomic E-state index is 12.6. The Balaban J connectivity index is 2.15. The summed E-state index contributed by atoms with van der Waals surface area (Å²) in [5.41, 5.74) is -1.01. The Kier molecular flexibility index (Phi) is 3.85. The molecule has 0 saturated carbocycles. The first-order chi connectivity index (χ1) is 8.95. The summed E-state index contributed by atoms with van der Waals surface area (Å²) in [6.45, 7) is 7.33. The minimum Gasteiger partial charge on any atom is -0.373 e. The SMILES string of the molecule is CCC1(CC)NC(=O)CN(CC2(C)CCCO2)C1=O. The molecule has 0 radical (unpaired) electrons. The molecule has 19 heavy (non-hydrogen) atoms. The first-order valence-corrected chi connectivity index (χ1v) is 7.19. The molecule has 0 aliphatic carbocycles. The van der Waals surface area contributed by atoms with Gasteiger partial charge in [0, 0.05) is 6.61 Å². The molecule has 2 aliphatic heterocycles. The highest BCUT2D eigenvalue weighted by molar-refractivity contribution is 5.98. The number of ether oxygens (including phenoxy) is 1. The standard InChI is InChI=1S/C14H24N2O3/c1-4-14(5-2)12(18)16(9-11(17)15-14)10-13(3)7-6-8-19-13/h4-10H2,1-3H3,(H,15,17). The van der Waals surface area contributed by atoms with Crippen molar-refractivity contribution in [2.75, 3.05) is 19.7 Å². The van der Waals surface area contributed by atoms with Gasteiger partial charge in [-0.3, -0.25) is 9.59 Å². The number of amides is 2. The van der Waals surface area contributed by atoms with Crippen LogP contribution in [0.2, 0.25) is 0 Å². The van der Waals surface area contributed by atoms with Gasteiger partial charge in [0.2, 0.25) is 11.8 Å². The molecule has 2 rings (SSSR count). The van der Waals surface area contributed by atoms with Crippen LogP contribution in [-0.2, 0) is 14.3 Å². The Bertz CT molecular complexity index is 371. The van der Waals surface area contributed by atoms with Gasteiger partial charge in [-0.25, -0.2) is 0 Å². The van der Waals surface area contributed by atoms with Crippen molar-refractivity contribution in [3.63, 3.8) is 0 Å². The molecule has 1 N–H and O–H groups in total. The second kappa shape index (κ2) is 5.12. The molecule has 0 bridgehead atoms. The summed E-state index contributed by atoms with van der Waals surface area (Å²) in [6, 6.07) is 0. The van der Waals surface area contributed by atoms with Crippen LogP contribution in [0.5, 0.6) is 0 Å². The van der Waals surface area contributed by atoms with Crippen molar-refractivity contribution in [1.82, 2.24) is 10.2 Å². The summed E-state index contributed by atoms with van der Waals surface area (Å²) in [5.74, 6) is -0.0290. The topological polar surface area (TPSA) is 58.6 Å². The van der Waals surface area contributed by atoms with E-state index in [1.54, 1.807) is 4.90 Å². The summed E-state index contributed by atoms with van der Waals surface area (Å²) in [5, 5.41) is 2.88. The van der Waals surface area contributed by atoms with Crippen molar-refractivity contribution in [2.45, 2.75) is 57.6 Å². The second-order valence-electron chi connectivity index (χ2n) is 5.90. The fourth-order valence-corrected chi connectivity index (χ4v) is 3.13. The van der Waals surface area contributed by atoms with E-state index in [1.165, 1.54) is 0 Å². The Hall–Kier alpha value is -1.10. The monoisotopic (exact) mass is 268 g/mol. The molecule has 2 aliphatic rings. The maximum Gasteiger partial charge on any atom is 0.248 e. The molecule has 2 amide bonds. The van der Waals surface area contributed by atoms with Crippen LogP contribution >= 0.6 is 0 Å². The average molecular weight is 268 g/mol. The lowest BCUT2D eigenvalue weighted by atomic mass is 9.88. The smallest absolute Gasteiger partial charge is 0.248 e. The zero-order valence-corrected chi connectivity index (χ0v) is 12.1. The van der Waals surface area contributed by atoms with Crippen LogP contribution in [0.1, 0.15) is 46.5 Å². The Morgan fingerprint density at radius 3 is 2.53 bits per heavy atom. The molecular weight excluding hydrogens is 244 g/mol. The highest BCUT2D eigenvalue weighted by atomic mass is 16.5. The van der Waals surface area contributed by atoms with Crippen LogP contribution in [-0.4, -0.2) is 47.6 Å². The molecule has 0 aromatic rings. The molecule has 1 unspecified atom stereocenters. The molecule has 5 heteroatoms. The zero-order chi connectivity index (χ0) is 14.1. The normalized spacial score (nSPS) is 30.6. The van der Waals surface area contributed by atoms with E-state index in [2.05, 4.69) is 5.32 Å². The third-order valence-electron chi connectivity index (χ3n) is 4.44. The van der Waals surface area contributed by atoms with Gasteiger partial charge in [-0.1, -0.05) is 13.8 Å². The quantitative estimate of drug-likeness (QED) is 0.830. The van der Waals surface area contributed by atoms with Gasteiger partial charge in [0.1, 0.15) is 5.54 Å². The van der Waals surface area contributed by atoms with Crippen molar-refractivity contribution in [2.24, 2.45) is 0 Å². The predicted molar refractivity (Wildman–Crippen MR) is 71.6 cm³/mol. The molecule has 0 spiro atoms. The highest BCUT2D eigenvalue weighted by Crippen LogP contribution is 2.29. The number of carbonyl (C=O) groups is 2. The van der Waals surface area contributed by atoms with Crippen molar-refractivity contribution in [1.29, 1.82) is 0 Å². The van der Waals surface area contributed by atoms with Crippen LogP contribution in [0.25, 0.3) is 0 Å². The number of nitrogens with one attached hydrogen (secondary N) is 1. The summed E-state index contributed by atoms with van der Waals surface area (Å²) >= 11 is 0. The zero-order valence-electron chi connectivity index (χ0n) is 12.1. The van der Waals surface area contributed by atoms with Crippen LogP contribution in [0, 0.1) is 0 Å². The largest absolute Gasteiger partial charge is 0.373 e. The van der Waals surface area contributed by atoms with Crippen molar-refractivity contribution >= 4 is 11.8 Å². The molecular formula is C14H24N2O3. The third-order valence-corrected chi connectivity index (χ3v) is 4.44. The molecule has 108 valence electrons. The predicted octanol–water partition coefficient (Wildman–Crippen LogP) is 1.07. The minimum absolute atomic E-state index is 0.0359. The van der Waals surface area contributed by atoms with E-state index in [0.29, 0.717) is 19.4 Å². The Morgan fingerprint density at radius 1 is 1.32 bits per heavy atom. The number of nitrogens with zero attached hydrogens (tertiary/aromatic N) is 1. The van der Waals surface area contributed by atoms with Gasteiger partial charge in [0.05, 0.1) is 18.7 Å². The highest BCUT2D eigenvalue weighted by Gasteiger charge is 2.46.